The van der Waals surface area contributed by atoms with Crippen molar-refractivity contribution in [1.29, 1.82) is 0 Å². The predicted octanol–water partition coefficient (Wildman–Crippen LogP) is 4.51. The Bertz CT molecular complexity index is 1200. The van der Waals surface area contributed by atoms with E-state index in [4.69, 9.17) is 9.15 Å². The quantitative estimate of drug-likeness (QED) is 0.644. The third kappa shape index (κ3) is 3.16. The van der Waals surface area contributed by atoms with Crippen LogP contribution in [0, 0.1) is 0 Å². The average Bonchev–Trinajstić information content (AvgIpc) is 3.32. The lowest BCUT2D eigenvalue weighted by atomic mass is 9.91. The van der Waals surface area contributed by atoms with E-state index in [2.05, 4.69) is 0 Å². The number of phenolic OH excluding ortho intramolecular Hbond substituents is 1. The molecule has 2 aliphatic rings. The molecule has 1 amide bonds. The average molecular weight is 444 g/mol. The maximum absolute atomic E-state index is 13.5. The highest BCUT2D eigenvalue weighted by Gasteiger charge is 2.42. The molecule has 0 aliphatic carbocycles. The normalized spacial score (nSPS) is 17.9. The SMILES string of the molecule is CN1CCOc2cc(O)c(C3C(=O)N(Cc4occc4C(F)(F)F)c4ccccc43)cc21. The maximum Gasteiger partial charge on any atom is 0.419 e. The van der Waals surface area contributed by atoms with Crippen molar-refractivity contribution in [2.24, 2.45) is 0 Å². The lowest BCUT2D eigenvalue weighted by Gasteiger charge is -2.29. The number of amides is 1. The van der Waals surface area contributed by atoms with Crippen LogP contribution in [0.2, 0.25) is 0 Å². The van der Waals surface area contributed by atoms with Gasteiger partial charge in [-0.15, -0.1) is 0 Å². The Kier molecular flexibility index (Phi) is 4.58. The first-order chi connectivity index (χ1) is 15.3. The summed E-state index contributed by atoms with van der Waals surface area (Å²) < 4.78 is 50.7. The number of phenols is 1. The minimum Gasteiger partial charge on any atom is -0.507 e. The van der Waals surface area contributed by atoms with Crippen LogP contribution in [0.4, 0.5) is 24.5 Å². The molecule has 3 heterocycles. The van der Waals surface area contributed by atoms with E-state index in [1.54, 1.807) is 30.3 Å². The first kappa shape index (κ1) is 20.3. The van der Waals surface area contributed by atoms with Gasteiger partial charge >= 0.3 is 6.18 Å². The lowest BCUT2D eigenvalue weighted by Crippen LogP contribution is -2.30. The zero-order valence-electron chi connectivity index (χ0n) is 17.0. The van der Waals surface area contributed by atoms with Gasteiger partial charge in [-0.2, -0.15) is 13.2 Å². The van der Waals surface area contributed by atoms with Gasteiger partial charge in [-0.05, 0) is 23.8 Å². The number of benzene rings is 2. The first-order valence-corrected chi connectivity index (χ1v) is 10.0. The van der Waals surface area contributed by atoms with Crippen LogP contribution < -0.4 is 14.5 Å². The minimum atomic E-state index is -4.59. The van der Waals surface area contributed by atoms with E-state index in [1.165, 1.54) is 11.0 Å². The second kappa shape index (κ2) is 7.22. The minimum absolute atomic E-state index is 0.108. The van der Waals surface area contributed by atoms with Gasteiger partial charge in [0.25, 0.3) is 0 Å². The number of furan rings is 1. The number of hydrogen-bond donors (Lipinski definition) is 1. The zero-order chi connectivity index (χ0) is 22.6. The van der Waals surface area contributed by atoms with E-state index in [-0.39, 0.29) is 18.1 Å². The second-order valence-electron chi connectivity index (χ2n) is 7.82. The number of fused-ring (bicyclic) bond motifs is 2. The Balaban J connectivity index is 1.58. The van der Waals surface area contributed by atoms with Gasteiger partial charge < -0.3 is 24.1 Å². The summed E-state index contributed by atoms with van der Waals surface area (Å²) in [7, 11) is 1.88. The molecule has 166 valence electrons. The Morgan fingerprint density at radius 1 is 1.12 bits per heavy atom. The lowest BCUT2D eigenvalue weighted by molar-refractivity contribution is -0.138. The number of anilines is 2. The molecule has 5 rings (SSSR count). The fourth-order valence-electron chi connectivity index (χ4n) is 4.34. The summed E-state index contributed by atoms with van der Waals surface area (Å²) in [6, 6.07) is 10.9. The van der Waals surface area contributed by atoms with Gasteiger partial charge in [-0.3, -0.25) is 4.79 Å². The largest absolute Gasteiger partial charge is 0.507 e. The van der Waals surface area contributed by atoms with Crippen LogP contribution in [0.5, 0.6) is 11.5 Å². The molecule has 3 aromatic rings. The molecule has 1 N–H and O–H groups in total. The number of aromatic hydroxyl groups is 1. The van der Waals surface area contributed by atoms with Crippen LogP contribution in [-0.4, -0.2) is 31.2 Å². The number of halogens is 3. The Morgan fingerprint density at radius 2 is 1.91 bits per heavy atom. The van der Waals surface area contributed by atoms with Crippen LogP contribution >= 0.6 is 0 Å². The van der Waals surface area contributed by atoms with E-state index in [0.29, 0.717) is 35.7 Å². The van der Waals surface area contributed by atoms with Gasteiger partial charge in [0.2, 0.25) is 5.91 Å². The molecule has 0 radical (unpaired) electrons. The highest BCUT2D eigenvalue weighted by molar-refractivity contribution is 6.07. The number of rotatable bonds is 3. The molecular weight excluding hydrogens is 425 g/mol. The monoisotopic (exact) mass is 444 g/mol. The van der Waals surface area contributed by atoms with Gasteiger partial charge in [0.05, 0.1) is 36.5 Å². The number of para-hydroxylation sites is 1. The van der Waals surface area contributed by atoms with E-state index in [1.807, 2.05) is 11.9 Å². The summed E-state index contributed by atoms with van der Waals surface area (Å²) in [5, 5.41) is 10.7. The standard InChI is InChI=1S/C23H19F3N2O4/c1-27-7-9-32-19-11-18(29)14(10-17(19)27)21-13-4-2-3-5-16(13)28(22(21)30)12-20-15(6-8-31-20)23(24,25)26/h2-6,8,10-11,21,29H,7,9,12H2,1H3. The molecule has 2 aliphatic heterocycles. The molecule has 32 heavy (non-hydrogen) atoms. The molecule has 1 aromatic heterocycles. The van der Waals surface area contributed by atoms with Crippen molar-refractivity contribution < 1.29 is 32.2 Å². The predicted molar refractivity (Wildman–Crippen MR) is 110 cm³/mol. The second-order valence-corrected chi connectivity index (χ2v) is 7.82. The smallest absolute Gasteiger partial charge is 0.419 e. The first-order valence-electron chi connectivity index (χ1n) is 10.0. The van der Waals surface area contributed by atoms with Crippen molar-refractivity contribution in [2.75, 3.05) is 30.0 Å². The van der Waals surface area contributed by atoms with E-state index >= 15 is 0 Å². The highest BCUT2D eigenvalue weighted by atomic mass is 19.4. The summed E-state index contributed by atoms with van der Waals surface area (Å²) in [5.41, 5.74) is 1.28. The number of hydrogen-bond acceptors (Lipinski definition) is 5. The number of ether oxygens (including phenoxy) is 1. The Labute approximate surface area is 181 Å². The van der Waals surface area contributed by atoms with Gasteiger partial charge in [0.1, 0.15) is 23.9 Å². The van der Waals surface area contributed by atoms with Crippen molar-refractivity contribution in [3.05, 3.63) is 71.2 Å². The van der Waals surface area contributed by atoms with Crippen molar-refractivity contribution in [1.82, 2.24) is 0 Å². The van der Waals surface area contributed by atoms with Crippen molar-refractivity contribution in [2.45, 2.75) is 18.6 Å². The molecule has 0 fully saturated rings. The van der Waals surface area contributed by atoms with Crippen LogP contribution in [0.25, 0.3) is 0 Å². The van der Waals surface area contributed by atoms with Crippen molar-refractivity contribution in [3.63, 3.8) is 0 Å². The molecule has 9 heteroatoms. The van der Waals surface area contributed by atoms with E-state index in [9.17, 15) is 23.1 Å². The van der Waals surface area contributed by atoms with E-state index in [0.717, 1.165) is 18.0 Å². The third-order valence-electron chi connectivity index (χ3n) is 5.92. The van der Waals surface area contributed by atoms with E-state index < -0.39 is 23.6 Å². The summed E-state index contributed by atoms with van der Waals surface area (Å²) in [6.45, 7) is 0.756. The molecule has 1 unspecified atom stereocenters. The maximum atomic E-state index is 13.5. The van der Waals surface area contributed by atoms with Gasteiger partial charge in [0, 0.05) is 24.4 Å². The molecule has 6 nitrogen and oxygen atoms in total. The zero-order valence-corrected chi connectivity index (χ0v) is 17.0. The van der Waals surface area contributed by atoms with Crippen LogP contribution in [0.15, 0.2) is 53.1 Å². The van der Waals surface area contributed by atoms with Crippen LogP contribution in [0.3, 0.4) is 0 Å². The number of carbonyl (C=O) groups is 1. The molecule has 0 saturated heterocycles. The number of likely N-dealkylation sites (N-methyl/N-ethyl adjacent to an activating group) is 1. The topological polar surface area (TPSA) is 66.2 Å². The van der Waals surface area contributed by atoms with Crippen molar-refractivity contribution in [3.8, 4) is 11.5 Å². The molecule has 0 bridgehead atoms. The highest BCUT2D eigenvalue weighted by Crippen LogP contribution is 2.48. The molecule has 2 aromatic carbocycles. The van der Waals surface area contributed by atoms with Gasteiger partial charge in [-0.1, -0.05) is 18.2 Å². The Hall–Kier alpha value is -3.62. The molecule has 1 atom stereocenters. The van der Waals surface area contributed by atoms with Crippen LogP contribution in [-0.2, 0) is 17.5 Å². The fourth-order valence-corrected chi connectivity index (χ4v) is 4.34. The van der Waals surface area contributed by atoms with Crippen LogP contribution in [0.1, 0.15) is 28.4 Å². The van der Waals surface area contributed by atoms with Gasteiger partial charge in [-0.25, -0.2) is 0 Å². The summed E-state index contributed by atoms with van der Waals surface area (Å²) in [5.74, 6) is -1.24. The number of alkyl halides is 3. The van der Waals surface area contributed by atoms with Crippen molar-refractivity contribution >= 4 is 17.3 Å². The molecular formula is C23H19F3N2O4. The van der Waals surface area contributed by atoms with Gasteiger partial charge in [0.15, 0.2) is 0 Å². The number of carbonyl (C=O) groups excluding carboxylic acids is 1. The summed E-state index contributed by atoms with van der Waals surface area (Å²) in [6.07, 6.45) is -3.63. The number of nitrogens with zero attached hydrogens (tertiary/aromatic N) is 2. The molecule has 0 spiro atoms. The molecule has 0 saturated carbocycles. The summed E-state index contributed by atoms with van der Waals surface area (Å²) in [4.78, 5) is 16.7. The Morgan fingerprint density at radius 3 is 2.69 bits per heavy atom. The third-order valence-corrected chi connectivity index (χ3v) is 5.92. The summed E-state index contributed by atoms with van der Waals surface area (Å²) >= 11 is 0. The fraction of sp³-hybridized carbons (Fsp3) is 0.261.